The van der Waals surface area contributed by atoms with Crippen molar-refractivity contribution in [2.75, 3.05) is 47.1 Å². The Bertz CT molecular complexity index is 251. The van der Waals surface area contributed by atoms with Gasteiger partial charge in [-0.2, -0.15) is 0 Å². The minimum Gasteiger partial charge on any atom is -0.453 e. The highest BCUT2D eigenvalue weighted by molar-refractivity contribution is 5.74. The highest BCUT2D eigenvalue weighted by Gasteiger charge is 2.23. The van der Waals surface area contributed by atoms with E-state index in [4.69, 9.17) is 4.74 Å². The number of hydrogen-bond acceptors (Lipinski definition) is 4. The zero-order valence-electron chi connectivity index (χ0n) is 9.56. The van der Waals surface area contributed by atoms with E-state index in [2.05, 4.69) is 10.1 Å². The number of ether oxygens (including phenoxy) is 2. The molecule has 1 N–H and O–H groups in total. The molecule has 0 radical (unpaired) electrons. The Balaban J connectivity index is 2.31. The lowest BCUT2D eigenvalue weighted by molar-refractivity contribution is 0.0937. The lowest BCUT2D eigenvalue weighted by Gasteiger charge is -2.33. The molecule has 0 bridgehead atoms. The largest absolute Gasteiger partial charge is 0.453 e. The third-order valence-corrected chi connectivity index (χ3v) is 2.37. The SMILES string of the molecule is COCNC(=O)N1CCN(C(=O)OC)CC1. The number of carbonyl (C=O) groups excluding carboxylic acids is 2. The molecule has 3 amide bonds. The summed E-state index contributed by atoms with van der Waals surface area (Å²) in [4.78, 5) is 25.9. The van der Waals surface area contributed by atoms with E-state index in [1.165, 1.54) is 14.2 Å². The van der Waals surface area contributed by atoms with Gasteiger partial charge in [-0.25, -0.2) is 9.59 Å². The Kier molecular flexibility index (Phi) is 4.84. The van der Waals surface area contributed by atoms with Crippen LogP contribution in [0.1, 0.15) is 0 Å². The van der Waals surface area contributed by atoms with Gasteiger partial charge in [0, 0.05) is 33.3 Å². The van der Waals surface area contributed by atoms with Crippen LogP contribution in [0.4, 0.5) is 9.59 Å². The van der Waals surface area contributed by atoms with E-state index in [0.717, 1.165) is 0 Å². The van der Waals surface area contributed by atoms with Gasteiger partial charge in [-0.3, -0.25) is 0 Å². The number of urea groups is 1. The molecule has 0 aromatic rings. The van der Waals surface area contributed by atoms with Gasteiger partial charge in [-0.1, -0.05) is 0 Å². The van der Waals surface area contributed by atoms with Gasteiger partial charge in [-0.15, -0.1) is 0 Å². The molecule has 7 nitrogen and oxygen atoms in total. The highest BCUT2D eigenvalue weighted by Crippen LogP contribution is 2.03. The van der Waals surface area contributed by atoms with Crippen molar-refractivity contribution in [3.63, 3.8) is 0 Å². The molecule has 1 rings (SSSR count). The average molecular weight is 231 g/mol. The van der Waals surface area contributed by atoms with E-state index < -0.39 is 0 Å². The van der Waals surface area contributed by atoms with Crippen LogP contribution < -0.4 is 5.32 Å². The van der Waals surface area contributed by atoms with E-state index in [1.807, 2.05) is 0 Å². The predicted molar refractivity (Wildman–Crippen MR) is 56.0 cm³/mol. The fourth-order valence-corrected chi connectivity index (χ4v) is 1.47. The maximum absolute atomic E-state index is 11.5. The topological polar surface area (TPSA) is 71.1 Å². The van der Waals surface area contributed by atoms with E-state index in [1.54, 1.807) is 9.80 Å². The zero-order valence-corrected chi connectivity index (χ0v) is 9.56. The van der Waals surface area contributed by atoms with Gasteiger partial charge < -0.3 is 24.6 Å². The average Bonchev–Trinajstić information content (AvgIpc) is 2.35. The van der Waals surface area contributed by atoms with Crippen LogP contribution in [0.15, 0.2) is 0 Å². The third kappa shape index (κ3) is 3.27. The molecule has 0 atom stereocenters. The molecule has 1 heterocycles. The van der Waals surface area contributed by atoms with Crippen LogP contribution in [0, 0.1) is 0 Å². The molecule has 1 aliphatic rings. The van der Waals surface area contributed by atoms with E-state index in [9.17, 15) is 9.59 Å². The van der Waals surface area contributed by atoms with Crippen molar-refractivity contribution in [1.29, 1.82) is 0 Å². The van der Waals surface area contributed by atoms with Gasteiger partial charge in [-0.05, 0) is 0 Å². The number of methoxy groups -OCH3 is 2. The van der Waals surface area contributed by atoms with E-state index in [-0.39, 0.29) is 18.9 Å². The van der Waals surface area contributed by atoms with Crippen molar-refractivity contribution in [3.05, 3.63) is 0 Å². The number of amides is 3. The number of nitrogens with one attached hydrogen (secondary N) is 1. The van der Waals surface area contributed by atoms with Crippen molar-refractivity contribution in [1.82, 2.24) is 15.1 Å². The molecule has 1 fully saturated rings. The highest BCUT2D eigenvalue weighted by atomic mass is 16.5. The molecule has 0 saturated carbocycles. The quantitative estimate of drug-likeness (QED) is 0.661. The number of nitrogens with zero attached hydrogens (tertiary/aromatic N) is 2. The Morgan fingerprint density at radius 1 is 1.12 bits per heavy atom. The monoisotopic (exact) mass is 231 g/mol. The molecule has 0 unspecified atom stereocenters. The molecule has 0 aliphatic carbocycles. The van der Waals surface area contributed by atoms with E-state index in [0.29, 0.717) is 26.2 Å². The van der Waals surface area contributed by atoms with Gasteiger partial charge >= 0.3 is 12.1 Å². The summed E-state index contributed by atoms with van der Waals surface area (Å²) in [6.45, 7) is 2.19. The maximum atomic E-state index is 11.5. The summed E-state index contributed by atoms with van der Waals surface area (Å²) in [5.74, 6) is 0. The molecule has 0 aromatic heterocycles. The standard InChI is InChI=1S/C9H17N3O4/c1-15-7-10-8(13)11-3-5-12(6-4-11)9(14)16-2/h3-7H2,1-2H3,(H,10,13). The summed E-state index contributed by atoms with van der Waals surface area (Å²) >= 11 is 0. The van der Waals surface area contributed by atoms with Crippen LogP contribution in [0.2, 0.25) is 0 Å². The van der Waals surface area contributed by atoms with Crippen LogP contribution >= 0.6 is 0 Å². The maximum Gasteiger partial charge on any atom is 0.409 e. The first-order valence-electron chi connectivity index (χ1n) is 5.03. The smallest absolute Gasteiger partial charge is 0.409 e. The van der Waals surface area contributed by atoms with Crippen molar-refractivity contribution >= 4 is 12.1 Å². The molecule has 7 heteroatoms. The first-order chi connectivity index (χ1) is 7.69. The van der Waals surface area contributed by atoms with Crippen molar-refractivity contribution < 1.29 is 19.1 Å². The van der Waals surface area contributed by atoms with Crippen LogP contribution in [0.3, 0.4) is 0 Å². The first kappa shape index (κ1) is 12.6. The summed E-state index contributed by atoms with van der Waals surface area (Å²) in [7, 11) is 2.86. The fourth-order valence-electron chi connectivity index (χ4n) is 1.47. The summed E-state index contributed by atoms with van der Waals surface area (Å²) in [5, 5.41) is 2.59. The number of hydrogen-bond donors (Lipinski definition) is 1. The summed E-state index contributed by atoms with van der Waals surface area (Å²) in [6.07, 6.45) is -0.350. The molecule has 0 aromatic carbocycles. The van der Waals surface area contributed by atoms with Crippen LogP contribution in [-0.2, 0) is 9.47 Å². The van der Waals surface area contributed by atoms with Crippen molar-refractivity contribution in [3.8, 4) is 0 Å². The summed E-state index contributed by atoms with van der Waals surface area (Å²) < 4.78 is 9.34. The second-order valence-corrected chi connectivity index (χ2v) is 3.36. The van der Waals surface area contributed by atoms with Crippen molar-refractivity contribution in [2.45, 2.75) is 0 Å². The molecule has 1 saturated heterocycles. The Morgan fingerprint density at radius 2 is 1.69 bits per heavy atom. The van der Waals surface area contributed by atoms with Crippen LogP contribution in [-0.4, -0.2) is 69.1 Å². The Labute approximate surface area is 94.3 Å². The molecule has 92 valence electrons. The molecular formula is C9H17N3O4. The zero-order chi connectivity index (χ0) is 12.0. The van der Waals surface area contributed by atoms with Gasteiger partial charge in [0.25, 0.3) is 0 Å². The van der Waals surface area contributed by atoms with E-state index >= 15 is 0 Å². The predicted octanol–water partition coefficient (Wildman–Crippen LogP) is -0.316. The lowest BCUT2D eigenvalue weighted by atomic mass is 10.3. The van der Waals surface area contributed by atoms with Gasteiger partial charge in [0.15, 0.2) is 0 Å². The van der Waals surface area contributed by atoms with Crippen LogP contribution in [0.5, 0.6) is 0 Å². The Hall–Kier alpha value is -1.50. The summed E-state index contributed by atoms with van der Waals surface area (Å²) in [6, 6.07) is -0.175. The first-order valence-corrected chi connectivity index (χ1v) is 5.03. The number of rotatable bonds is 2. The van der Waals surface area contributed by atoms with Crippen LogP contribution in [0.25, 0.3) is 0 Å². The lowest BCUT2D eigenvalue weighted by Crippen LogP contribution is -2.53. The second-order valence-electron chi connectivity index (χ2n) is 3.36. The minimum absolute atomic E-state index is 0.175. The number of piperazine rings is 1. The third-order valence-electron chi connectivity index (χ3n) is 2.37. The van der Waals surface area contributed by atoms with Gasteiger partial charge in [0.05, 0.1) is 7.11 Å². The molecule has 1 aliphatic heterocycles. The van der Waals surface area contributed by atoms with Gasteiger partial charge in [0.1, 0.15) is 6.73 Å². The molecule has 0 spiro atoms. The van der Waals surface area contributed by atoms with Gasteiger partial charge in [0.2, 0.25) is 0 Å². The van der Waals surface area contributed by atoms with Crippen molar-refractivity contribution in [2.24, 2.45) is 0 Å². The second kappa shape index (κ2) is 6.16. The fraction of sp³-hybridized carbons (Fsp3) is 0.778. The number of carbonyl (C=O) groups is 2. The summed E-state index contributed by atoms with van der Waals surface area (Å²) in [5.41, 5.74) is 0. The normalized spacial score (nSPS) is 15.9. The Morgan fingerprint density at radius 3 is 2.19 bits per heavy atom. The molecular weight excluding hydrogens is 214 g/mol. The molecule has 16 heavy (non-hydrogen) atoms. The minimum atomic E-state index is -0.350.